The van der Waals surface area contributed by atoms with Gasteiger partial charge in [0.15, 0.2) is 0 Å². The number of phenolic OH excluding ortho intramolecular Hbond substituents is 1. The molecule has 88 valence electrons. The number of rotatable bonds is 6. The molecule has 0 spiro atoms. The van der Waals surface area contributed by atoms with Crippen LogP contribution in [0.5, 0.6) is 5.75 Å². The minimum atomic E-state index is -0.132. The van der Waals surface area contributed by atoms with Crippen molar-refractivity contribution >= 4 is 17.7 Å². The molecule has 0 aliphatic rings. The van der Waals surface area contributed by atoms with E-state index in [0.717, 1.165) is 23.5 Å². The molecule has 0 saturated heterocycles. The van der Waals surface area contributed by atoms with Gasteiger partial charge in [-0.3, -0.25) is 10.2 Å². The van der Waals surface area contributed by atoms with Crippen LogP contribution in [0.15, 0.2) is 29.2 Å². The molecule has 1 aromatic rings. The third-order valence-electron chi connectivity index (χ3n) is 2.08. The summed E-state index contributed by atoms with van der Waals surface area (Å²) in [5.74, 6) is 6.02. The average molecular weight is 240 g/mol. The van der Waals surface area contributed by atoms with E-state index in [4.69, 9.17) is 5.84 Å². The largest absolute Gasteiger partial charge is 0.507 e. The van der Waals surface area contributed by atoms with Gasteiger partial charge in [-0.25, -0.2) is 5.84 Å². The topological polar surface area (TPSA) is 75.3 Å². The molecule has 16 heavy (non-hydrogen) atoms. The maximum atomic E-state index is 10.8. The van der Waals surface area contributed by atoms with Gasteiger partial charge in [-0.2, -0.15) is 0 Å². The fourth-order valence-electron chi connectivity index (χ4n) is 1.22. The van der Waals surface area contributed by atoms with Gasteiger partial charge in [0.2, 0.25) is 5.91 Å². The van der Waals surface area contributed by atoms with Gasteiger partial charge in [0.1, 0.15) is 5.75 Å². The first-order chi connectivity index (χ1) is 7.74. The van der Waals surface area contributed by atoms with Gasteiger partial charge in [0, 0.05) is 11.3 Å². The number of benzene rings is 1. The molecular weight excluding hydrogens is 224 g/mol. The summed E-state index contributed by atoms with van der Waals surface area (Å²) < 4.78 is 0. The first-order valence-electron chi connectivity index (χ1n) is 5.14. The number of phenols is 1. The highest BCUT2D eigenvalue weighted by Crippen LogP contribution is 2.28. The van der Waals surface area contributed by atoms with E-state index in [2.05, 4.69) is 5.43 Å². The average Bonchev–Trinajstić information content (AvgIpc) is 2.30. The Labute approximate surface area is 99.2 Å². The molecule has 0 heterocycles. The number of thioether (sulfide) groups is 1. The molecule has 0 saturated carbocycles. The lowest BCUT2D eigenvalue weighted by Crippen LogP contribution is -2.29. The minimum absolute atomic E-state index is 0.132. The second-order valence-corrected chi connectivity index (χ2v) is 4.48. The number of carbonyl (C=O) groups excluding carboxylic acids is 1. The Kier molecular flexibility index (Phi) is 5.74. The lowest BCUT2D eigenvalue weighted by atomic mass is 10.2. The molecule has 0 unspecified atom stereocenters. The molecule has 0 bridgehead atoms. The minimum Gasteiger partial charge on any atom is -0.507 e. The van der Waals surface area contributed by atoms with Crippen LogP contribution < -0.4 is 11.3 Å². The zero-order chi connectivity index (χ0) is 11.8. The molecular formula is C11H16N2O2S. The number of amides is 1. The number of nitrogens with one attached hydrogen (secondary N) is 1. The Morgan fingerprint density at radius 1 is 1.38 bits per heavy atom. The number of unbranched alkanes of at least 4 members (excludes halogenated alkanes) is 1. The van der Waals surface area contributed by atoms with Crippen molar-refractivity contribution < 1.29 is 9.90 Å². The number of hydrogen-bond acceptors (Lipinski definition) is 4. The predicted molar refractivity (Wildman–Crippen MR) is 65.0 cm³/mol. The van der Waals surface area contributed by atoms with E-state index in [-0.39, 0.29) is 5.91 Å². The summed E-state index contributed by atoms with van der Waals surface area (Å²) in [6.07, 6.45) is 2.19. The molecule has 4 N–H and O–H groups in total. The number of para-hydroxylation sites is 1. The summed E-state index contributed by atoms with van der Waals surface area (Å²) in [6.45, 7) is 0. The number of hydrogen-bond donors (Lipinski definition) is 3. The highest BCUT2D eigenvalue weighted by Gasteiger charge is 2.01. The van der Waals surface area contributed by atoms with Gasteiger partial charge in [-0.05, 0) is 30.7 Å². The molecule has 1 rings (SSSR count). The highest BCUT2D eigenvalue weighted by molar-refractivity contribution is 7.99. The Morgan fingerprint density at radius 2 is 2.12 bits per heavy atom. The third-order valence-corrected chi connectivity index (χ3v) is 3.23. The highest BCUT2D eigenvalue weighted by atomic mass is 32.2. The van der Waals surface area contributed by atoms with Gasteiger partial charge in [0.05, 0.1) is 0 Å². The summed E-state index contributed by atoms with van der Waals surface area (Å²) in [6, 6.07) is 7.24. The van der Waals surface area contributed by atoms with E-state index in [1.807, 2.05) is 12.1 Å². The Bertz CT molecular complexity index is 345. The van der Waals surface area contributed by atoms with Crippen molar-refractivity contribution in [2.24, 2.45) is 5.84 Å². The van der Waals surface area contributed by atoms with Crippen LogP contribution in [0.1, 0.15) is 19.3 Å². The molecule has 4 nitrogen and oxygen atoms in total. The lowest BCUT2D eigenvalue weighted by molar-refractivity contribution is -0.121. The normalized spacial score (nSPS) is 10.1. The quantitative estimate of drug-likeness (QED) is 0.232. The summed E-state index contributed by atoms with van der Waals surface area (Å²) >= 11 is 1.59. The Morgan fingerprint density at radius 3 is 2.81 bits per heavy atom. The van der Waals surface area contributed by atoms with Gasteiger partial charge in [-0.15, -0.1) is 11.8 Å². The van der Waals surface area contributed by atoms with Crippen molar-refractivity contribution in [3.8, 4) is 5.75 Å². The number of aromatic hydroxyl groups is 1. The van der Waals surface area contributed by atoms with Gasteiger partial charge < -0.3 is 5.11 Å². The van der Waals surface area contributed by atoms with Crippen LogP contribution in [0.2, 0.25) is 0 Å². The number of carbonyl (C=O) groups is 1. The fraction of sp³-hybridized carbons (Fsp3) is 0.364. The van der Waals surface area contributed by atoms with E-state index in [0.29, 0.717) is 12.2 Å². The third kappa shape index (κ3) is 4.55. The second kappa shape index (κ2) is 7.14. The van der Waals surface area contributed by atoms with E-state index in [1.54, 1.807) is 23.9 Å². The molecule has 0 aliphatic heterocycles. The van der Waals surface area contributed by atoms with E-state index < -0.39 is 0 Å². The Balaban J connectivity index is 2.17. The Hall–Kier alpha value is -1.20. The van der Waals surface area contributed by atoms with Crippen LogP contribution in [0.3, 0.4) is 0 Å². The van der Waals surface area contributed by atoms with Gasteiger partial charge in [0.25, 0.3) is 0 Å². The summed E-state index contributed by atoms with van der Waals surface area (Å²) in [5, 5.41) is 9.49. The predicted octanol–water partition coefficient (Wildman–Crippen LogP) is 1.64. The van der Waals surface area contributed by atoms with Crippen molar-refractivity contribution in [2.45, 2.75) is 24.2 Å². The molecule has 0 aromatic heterocycles. The van der Waals surface area contributed by atoms with E-state index in [1.165, 1.54) is 0 Å². The molecule has 1 amide bonds. The van der Waals surface area contributed by atoms with Crippen molar-refractivity contribution in [1.82, 2.24) is 5.43 Å². The first kappa shape index (κ1) is 12.9. The molecule has 0 aliphatic carbocycles. The maximum absolute atomic E-state index is 10.8. The molecule has 0 fully saturated rings. The zero-order valence-corrected chi connectivity index (χ0v) is 9.80. The molecule has 0 atom stereocenters. The van der Waals surface area contributed by atoms with Crippen molar-refractivity contribution in [2.75, 3.05) is 5.75 Å². The SMILES string of the molecule is NNC(=O)CCCCSc1ccccc1O. The number of hydrazine groups is 1. The van der Waals surface area contributed by atoms with E-state index in [9.17, 15) is 9.90 Å². The molecule has 1 aromatic carbocycles. The van der Waals surface area contributed by atoms with Crippen LogP contribution in [-0.4, -0.2) is 16.8 Å². The number of nitrogens with two attached hydrogens (primary N) is 1. The first-order valence-corrected chi connectivity index (χ1v) is 6.13. The second-order valence-electron chi connectivity index (χ2n) is 3.34. The smallest absolute Gasteiger partial charge is 0.233 e. The summed E-state index contributed by atoms with van der Waals surface area (Å²) in [7, 11) is 0. The van der Waals surface area contributed by atoms with Crippen molar-refractivity contribution in [3.05, 3.63) is 24.3 Å². The summed E-state index contributed by atoms with van der Waals surface area (Å²) in [4.78, 5) is 11.7. The van der Waals surface area contributed by atoms with Crippen molar-refractivity contribution in [1.29, 1.82) is 0 Å². The van der Waals surface area contributed by atoms with Crippen molar-refractivity contribution in [3.63, 3.8) is 0 Å². The van der Waals surface area contributed by atoms with Gasteiger partial charge >= 0.3 is 0 Å². The molecule has 5 heteroatoms. The van der Waals surface area contributed by atoms with Crippen LogP contribution >= 0.6 is 11.8 Å². The lowest BCUT2D eigenvalue weighted by Gasteiger charge is -2.03. The van der Waals surface area contributed by atoms with Gasteiger partial charge in [-0.1, -0.05) is 12.1 Å². The fourth-order valence-corrected chi connectivity index (χ4v) is 2.18. The van der Waals surface area contributed by atoms with Crippen LogP contribution in [-0.2, 0) is 4.79 Å². The standard InChI is InChI=1S/C11H16N2O2S/c12-13-11(15)7-3-4-8-16-10-6-2-1-5-9(10)14/h1-2,5-6,14H,3-4,7-8,12H2,(H,13,15). The molecule has 0 radical (unpaired) electrons. The van der Waals surface area contributed by atoms with Crippen LogP contribution in [0.4, 0.5) is 0 Å². The zero-order valence-electron chi connectivity index (χ0n) is 8.98. The monoisotopic (exact) mass is 240 g/mol. The van der Waals surface area contributed by atoms with E-state index >= 15 is 0 Å². The summed E-state index contributed by atoms with van der Waals surface area (Å²) in [5.41, 5.74) is 2.10. The van der Waals surface area contributed by atoms with Crippen LogP contribution in [0, 0.1) is 0 Å². The van der Waals surface area contributed by atoms with Crippen LogP contribution in [0.25, 0.3) is 0 Å². The maximum Gasteiger partial charge on any atom is 0.233 e.